The Hall–Kier alpha value is -1.13. The molecule has 0 radical (unpaired) electrons. The highest BCUT2D eigenvalue weighted by Gasteiger charge is 2.09. The number of rotatable bonds is 3. The molecule has 1 unspecified atom stereocenters. The zero-order valence-corrected chi connectivity index (χ0v) is 11.6. The molecule has 90 valence electrons. The molecule has 0 spiro atoms. The van der Waals surface area contributed by atoms with Gasteiger partial charge in [0.2, 0.25) is 0 Å². The average Bonchev–Trinajstić information content (AvgIpc) is 2.68. The van der Waals surface area contributed by atoms with Crippen LogP contribution in [0.1, 0.15) is 22.7 Å². The van der Waals surface area contributed by atoms with Crippen molar-refractivity contribution in [3.63, 3.8) is 0 Å². The van der Waals surface area contributed by atoms with Gasteiger partial charge in [0.15, 0.2) is 0 Å². The van der Waals surface area contributed by atoms with Crippen LogP contribution in [0, 0.1) is 6.92 Å². The van der Waals surface area contributed by atoms with Gasteiger partial charge in [0, 0.05) is 23.8 Å². The van der Waals surface area contributed by atoms with E-state index in [9.17, 15) is 0 Å². The van der Waals surface area contributed by atoms with Crippen LogP contribution in [0.25, 0.3) is 0 Å². The van der Waals surface area contributed by atoms with Crippen LogP contribution in [0.2, 0.25) is 0 Å². The van der Waals surface area contributed by atoms with Crippen molar-refractivity contribution in [3.8, 4) is 0 Å². The third-order valence-corrected chi connectivity index (χ3v) is 3.69. The van der Waals surface area contributed by atoms with Gasteiger partial charge in [0.1, 0.15) is 0 Å². The summed E-state index contributed by atoms with van der Waals surface area (Å²) in [5.74, 6) is 0. The maximum absolute atomic E-state index is 6.20. The van der Waals surface area contributed by atoms with Gasteiger partial charge in [-0.25, -0.2) is 0 Å². The lowest BCUT2D eigenvalue weighted by Gasteiger charge is -2.12. The van der Waals surface area contributed by atoms with E-state index in [1.165, 1.54) is 5.56 Å². The van der Waals surface area contributed by atoms with Crippen LogP contribution in [0.3, 0.4) is 0 Å². The molecular weight excluding hydrogens is 278 g/mol. The molecule has 2 rings (SSSR count). The Bertz CT molecular complexity index is 519. The van der Waals surface area contributed by atoms with Crippen molar-refractivity contribution >= 4 is 15.9 Å². The zero-order valence-electron chi connectivity index (χ0n) is 10.0. The highest BCUT2D eigenvalue weighted by molar-refractivity contribution is 9.10. The number of nitrogens with two attached hydrogens (primary N) is 1. The Morgan fingerprint density at radius 3 is 2.82 bits per heavy atom. The van der Waals surface area contributed by atoms with Gasteiger partial charge < -0.3 is 5.73 Å². The highest BCUT2D eigenvalue weighted by atomic mass is 79.9. The standard InChI is InChI=1S/C13H16BrN3/c1-9-3-4-11(6-12(9)14)13(15)5-10-7-16-17(2)8-10/h3-4,6-8,13H,5,15H2,1-2H3. The van der Waals surface area contributed by atoms with Gasteiger partial charge in [-0.05, 0) is 36.1 Å². The van der Waals surface area contributed by atoms with E-state index in [-0.39, 0.29) is 6.04 Å². The molecule has 1 aromatic heterocycles. The Morgan fingerprint density at radius 2 is 2.24 bits per heavy atom. The van der Waals surface area contributed by atoms with Gasteiger partial charge in [0.05, 0.1) is 6.20 Å². The van der Waals surface area contributed by atoms with E-state index in [4.69, 9.17) is 5.73 Å². The van der Waals surface area contributed by atoms with Crippen molar-refractivity contribution in [3.05, 3.63) is 51.8 Å². The first kappa shape index (κ1) is 12.3. The average molecular weight is 294 g/mol. The molecule has 0 saturated carbocycles. The van der Waals surface area contributed by atoms with Crippen LogP contribution in [-0.2, 0) is 13.5 Å². The quantitative estimate of drug-likeness (QED) is 0.946. The van der Waals surface area contributed by atoms with Crippen LogP contribution in [0.5, 0.6) is 0 Å². The van der Waals surface area contributed by atoms with Crippen molar-refractivity contribution in [2.45, 2.75) is 19.4 Å². The van der Waals surface area contributed by atoms with Crippen molar-refractivity contribution in [1.82, 2.24) is 9.78 Å². The summed E-state index contributed by atoms with van der Waals surface area (Å²) >= 11 is 3.53. The minimum atomic E-state index is 0.0103. The largest absolute Gasteiger partial charge is 0.324 e. The van der Waals surface area contributed by atoms with E-state index in [0.29, 0.717) is 0 Å². The first-order chi connectivity index (χ1) is 8.06. The van der Waals surface area contributed by atoms with Crippen molar-refractivity contribution < 1.29 is 0 Å². The Morgan fingerprint density at radius 1 is 1.47 bits per heavy atom. The lowest BCUT2D eigenvalue weighted by atomic mass is 10.0. The predicted octanol–water partition coefficient (Wildman–Crippen LogP) is 2.73. The topological polar surface area (TPSA) is 43.8 Å². The fourth-order valence-electron chi connectivity index (χ4n) is 1.79. The van der Waals surface area contributed by atoms with Gasteiger partial charge in [-0.2, -0.15) is 5.10 Å². The van der Waals surface area contributed by atoms with Gasteiger partial charge >= 0.3 is 0 Å². The number of nitrogens with zero attached hydrogens (tertiary/aromatic N) is 2. The van der Waals surface area contributed by atoms with Crippen molar-refractivity contribution in [1.29, 1.82) is 0 Å². The predicted molar refractivity (Wildman–Crippen MR) is 72.7 cm³/mol. The first-order valence-corrected chi connectivity index (χ1v) is 6.34. The van der Waals surface area contributed by atoms with Crippen LogP contribution in [0.4, 0.5) is 0 Å². The van der Waals surface area contributed by atoms with E-state index in [1.54, 1.807) is 4.68 Å². The second kappa shape index (κ2) is 5.02. The summed E-state index contributed by atoms with van der Waals surface area (Å²) in [7, 11) is 1.91. The maximum Gasteiger partial charge on any atom is 0.0522 e. The summed E-state index contributed by atoms with van der Waals surface area (Å²) in [6.45, 7) is 2.07. The second-order valence-electron chi connectivity index (χ2n) is 4.34. The molecular formula is C13H16BrN3. The molecule has 1 aromatic carbocycles. The Labute approximate surface area is 110 Å². The van der Waals surface area contributed by atoms with Gasteiger partial charge in [-0.1, -0.05) is 28.1 Å². The number of aromatic nitrogens is 2. The van der Waals surface area contributed by atoms with E-state index in [1.807, 2.05) is 19.4 Å². The van der Waals surface area contributed by atoms with Crippen molar-refractivity contribution in [2.75, 3.05) is 0 Å². The van der Waals surface area contributed by atoms with Crippen LogP contribution >= 0.6 is 15.9 Å². The van der Waals surface area contributed by atoms with Crippen LogP contribution in [-0.4, -0.2) is 9.78 Å². The Kier molecular flexibility index (Phi) is 3.64. The van der Waals surface area contributed by atoms with Gasteiger partial charge in [-0.15, -0.1) is 0 Å². The minimum Gasteiger partial charge on any atom is -0.324 e. The molecule has 0 amide bonds. The molecule has 1 atom stereocenters. The first-order valence-electron chi connectivity index (χ1n) is 5.55. The third kappa shape index (κ3) is 2.96. The number of hydrogen-bond donors (Lipinski definition) is 1. The van der Waals surface area contributed by atoms with Crippen LogP contribution in [0.15, 0.2) is 35.1 Å². The summed E-state index contributed by atoms with van der Waals surface area (Å²) in [4.78, 5) is 0. The molecule has 0 fully saturated rings. The van der Waals surface area contributed by atoms with Gasteiger partial charge in [0.25, 0.3) is 0 Å². The van der Waals surface area contributed by atoms with Crippen molar-refractivity contribution in [2.24, 2.45) is 12.8 Å². The molecule has 0 aliphatic rings. The molecule has 4 heteroatoms. The van der Waals surface area contributed by atoms with Crippen LogP contribution < -0.4 is 5.73 Å². The lowest BCUT2D eigenvalue weighted by molar-refractivity contribution is 0.718. The van der Waals surface area contributed by atoms with E-state index in [0.717, 1.165) is 22.0 Å². The number of hydrogen-bond acceptors (Lipinski definition) is 2. The van der Waals surface area contributed by atoms with Gasteiger partial charge in [-0.3, -0.25) is 4.68 Å². The zero-order chi connectivity index (χ0) is 12.4. The summed E-state index contributed by atoms with van der Waals surface area (Å²) in [5.41, 5.74) is 9.73. The summed E-state index contributed by atoms with van der Waals surface area (Å²) < 4.78 is 2.91. The monoisotopic (exact) mass is 293 g/mol. The smallest absolute Gasteiger partial charge is 0.0522 e. The molecule has 0 aliphatic heterocycles. The SMILES string of the molecule is Cc1ccc(C(N)Cc2cnn(C)c2)cc1Br. The maximum atomic E-state index is 6.20. The van der Waals surface area contributed by atoms with E-state index < -0.39 is 0 Å². The molecule has 0 aliphatic carbocycles. The third-order valence-electron chi connectivity index (χ3n) is 2.84. The summed E-state index contributed by atoms with van der Waals surface area (Å²) in [5, 5.41) is 4.15. The Balaban J connectivity index is 2.14. The second-order valence-corrected chi connectivity index (χ2v) is 5.20. The normalized spacial score (nSPS) is 12.7. The highest BCUT2D eigenvalue weighted by Crippen LogP contribution is 2.22. The fourth-order valence-corrected chi connectivity index (χ4v) is 2.19. The van der Waals surface area contributed by atoms with E-state index >= 15 is 0 Å². The summed E-state index contributed by atoms with van der Waals surface area (Å²) in [6, 6.07) is 6.27. The number of aryl methyl sites for hydroxylation is 2. The molecule has 17 heavy (non-hydrogen) atoms. The molecule has 0 saturated heterocycles. The number of benzene rings is 1. The lowest BCUT2D eigenvalue weighted by Crippen LogP contribution is -2.13. The molecule has 2 N–H and O–H groups in total. The van der Waals surface area contributed by atoms with E-state index in [2.05, 4.69) is 46.2 Å². The molecule has 2 aromatic rings. The fraction of sp³-hybridized carbons (Fsp3) is 0.308. The summed E-state index contributed by atoms with van der Waals surface area (Å²) in [6.07, 6.45) is 4.68. The molecule has 3 nitrogen and oxygen atoms in total. The molecule has 0 bridgehead atoms. The number of halogens is 1. The minimum absolute atomic E-state index is 0.0103. The molecule has 1 heterocycles.